The van der Waals surface area contributed by atoms with E-state index in [0.29, 0.717) is 6.54 Å². The lowest BCUT2D eigenvalue weighted by molar-refractivity contribution is 0.101. The van der Waals surface area contributed by atoms with Crippen molar-refractivity contribution in [3.8, 4) is 11.3 Å². The molecule has 0 spiro atoms. The Morgan fingerprint density at radius 3 is 2.62 bits per heavy atom. The summed E-state index contributed by atoms with van der Waals surface area (Å²) >= 11 is 3.45. The second-order valence-corrected chi connectivity index (χ2v) is 11.5. The first kappa shape index (κ1) is 22.3. The van der Waals surface area contributed by atoms with Crippen LogP contribution in [-0.4, -0.2) is 54.0 Å². The molecule has 1 aromatic carbocycles. The third-order valence-corrected chi connectivity index (χ3v) is 8.94. The quantitative estimate of drug-likeness (QED) is 0.484. The Bertz CT molecular complexity index is 994. The molecule has 3 aliphatic rings. The highest BCUT2D eigenvalue weighted by atomic mass is 32.2. The number of benzene rings is 1. The van der Waals surface area contributed by atoms with Gasteiger partial charge in [0.05, 0.1) is 23.5 Å². The molecule has 0 amide bonds. The van der Waals surface area contributed by atoms with Crippen molar-refractivity contribution in [3.05, 3.63) is 41.5 Å². The highest BCUT2D eigenvalue weighted by Gasteiger charge is 2.57. The molecule has 5 rings (SSSR count). The average molecular weight is 477 g/mol. The predicted octanol–water partition coefficient (Wildman–Crippen LogP) is 5.86. The first-order valence-electron chi connectivity index (χ1n) is 11.3. The number of hydrogen-bond donors (Lipinski definition) is 0. The number of alkyl halides is 2. The Labute approximate surface area is 198 Å². The van der Waals surface area contributed by atoms with Gasteiger partial charge in [-0.05, 0) is 68.4 Å². The lowest BCUT2D eigenvalue weighted by Crippen LogP contribution is -2.34. The molecule has 2 fully saturated rings. The van der Waals surface area contributed by atoms with Gasteiger partial charge in [0.25, 0.3) is 5.92 Å². The second-order valence-electron chi connectivity index (χ2n) is 9.20. The zero-order valence-electron chi connectivity index (χ0n) is 18.9. The van der Waals surface area contributed by atoms with Crippen LogP contribution in [0, 0.1) is 12.8 Å². The third kappa shape index (κ3) is 4.46. The monoisotopic (exact) mass is 476 g/mol. The number of aromatic nitrogens is 1. The molecular weight excluding hydrogens is 446 g/mol. The zero-order valence-corrected chi connectivity index (χ0v) is 20.5. The van der Waals surface area contributed by atoms with Crippen LogP contribution in [0.25, 0.3) is 11.3 Å². The van der Waals surface area contributed by atoms with E-state index in [2.05, 4.69) is 36.3 Å². The molecule has 8 heteroatoms. The maximum atomic E-state index is 13.4. The third-order valence-electron chi connectivity index (χ3n) is 6.84. The fourth-order valence-electron chi connectivity index (χ4n) is 4.65. The van der Waals surface area contributed by atoms with Gasteiger partial charge in [-0.2, -0.15) is 11.8 Å². The Kier molecular flexibility index (Phi) is 6.05. The standard InChI is InChI=1S/C24H30F2N4S2/c1-16-4-5-17(14-29-10-8-19(31-3)9-11-29)12-20(16)21-6-7-22-23(27-21)28(2)32-30(22)15-18-13-24(18,25)26/h4-7,12,18-19H,8-11,13-15H2,1-3H3. The highest BCUT2D eigenvalue weighted by Crippen LogP contribution is 2.52. The van der Waals surface area contributed by atoms with Crippen LogP contribution in [0.1, 0.15) is 30.4 Å². The zero-order chi connectivity index (χ0) is 22.5. The fraction of sp³-hybridized carbons (Fsp3) is 0.542. The lowest BCUT2D eigenvalue weighted by atomic mass is 10.0. The van der Waals surface area contributed by atoms with Crippen molar-refractivity contribution in [1.82, 2.24) is 9.88 Å². The number of likely N-dealkylation sites (tertiary alicyclic amines) is 1. The van der Waals surface area contributed by atoms with Crippen molar-refractivity contribution in [1.29, 1.82) is 0 Å². The van der Waals surface area contributed by atoms with Gasteiger partial charge in [0, 0.05) is 43.3 Å². The van der Waals surface area contributed by atoms with E-state index in [9.17, 15) is 8.78 Å². The largest absolute Gasteiger partial charge is 0.299 e. The second kappa shape index (κ2) is 8.69. The normalized spacial score (nSPS) is 23.0. The van der Waals surface area contributed by atoms with E-state index in [1.807, 2.05) is 39.6 Å². The van der Waals surface area contributed by atoms with Crippen molar-refractivity contribution in [2.75, 3.05) is 41.5 Å². The highest BCUT2D eigenvalue weighted by molar-refractivity contribution is 8.02. The molecule has 1 saturated heterocycles. The summed E-state index contributed by atoms with van der Waals surface area (Å²) in [6.45, 7) is 5.77. The minimum atomic E-state index is -2.50. The summed E-state index contributed by atoms with van der Waals surface area (Å²) in [6, 6.07) is 10.8. The number of aryl methyl sites for hydroxylation is 1. The number of halogens is 2. The van der Waals surface area contributed by atoms with E-state index in [1.54, 1.807) is 0 Å². The number of piperidine rings is 1. The summed E-state index contributed by atoms with van der Waals surface area (Å²) in [7, 11) is 1.95. The van der Waals surface area contributed by atoms with Crippen LogP contribution >= 0.6 is 23.9 Å². The molecule has 1 saturated carbocycles. The molecule has 0 bridgehead atoms. The first-order valence-corrected chi connectivity index (χ1v) is 13.3. The summed E-state index contributed by atoms with van der Waals surface area (Å²) in [5, 5.41) is 0.802. The van der Waals surface area contributed by atoms with Gasteiger partial charge >= 0.3 is 0 Å². The molecule has 2 aromatic rings. The molecule has 0 N–H and O–H groups in total. The van der Waals surface area contributed by atoms with Gasteiger partial charge in [-0.1, -0.05) is 12.1 Å². The van der Waals surface area contributed by atoms with Crippen LogP contribution in [0.2, 0.25) is 0 Å². The van der Waals surface area contributed by atoms with Crippen molar-refractivity contribution in [2.24, 2.45) is 5.92 Å². The van der Waals surface area contributed by atoms with Gasteiger partial charge in [-0.15, -0.1) is 0 Å². The van der Waals surface area contributed by atoms with Crippen molar-refractivity contribution in [3.63, 3.8) is 0 Å². The number of rotatable bonds is 6. The minimum absolute atomic E-state index is 0.00440. The van der Waals surface area contributed by atoms with E-state index in [4.69, 9.17) is 4.98 Å². The smallest absolute Gasteiger partial charge is 0.253 e. The Balaban J connectivity index is 1.34. The molecule has 32 heavy (non-hydrogen) atoms. The number of thioether (sulfide) groups is 1. The molecule has 1 unspecified atom stereocenters. The molecule has 1 aromatic heterocycles. The number of anilines is 2. The van der Waals surface area contributed by atoms with E-state index >= 15 is 0 Å². The molecule has 172 valence electrons. The van der Waals surface area contributed by atoms with Gasteiger partial charge in [-0.25, -0.2) is 13.8 Å². The van der Waals surface area contributed by atoms with E-state index in [0.717, 1.165) is 47.6 Å². The maximum Gasteiger partial charge on any atom is 0.253 e. The first-order chi connectivity index (χ1) is 15.3. The van der Waals surface area contributed by atoms with E-state index in [-0.39, 0.29) is 6.42 Å². The van der Waals surface area contributed by atoms with Crippen LogP contribution in [0.4, 0.5) is 20.3 Å². The summed E-state index contributed by atoms with van der Waals surface area (Å²) < 4.78 is 30.8. The number of hydrogen-bond acceptors (Lipinski definition) is 6. The summed E-state index contributed by atoms with van der Waals surface area (Å²) in [5.74, 6) is -2.20. The molecular formula is C24H30F2N4S2. The summed E-state index contributed by atoms with van der Waals surface area (Å²) in [5.41, 5.74) is 5.53. The predicted molar refractivity (Wildman–Crippen MR) is 133 cm³/mol. The number of nitrogens with zero attached hydrogens (tertiary/aromatic N) is 4. The van der Waals surface area contributed by atoms with Gasteiger partial charge in [-0.3, -0.25) is 13.5 Å². The molecule has 1 aliphatic carbocycles. The van der Waals surface area contributed by atoms with Gasteiger partial charge in [0.2, 0.25) is 0 Å². The van der Waals surface area contributed by atoms with Crippen LogP contribution in [0.3, 0.4) is 0 Å². The van der Waals surface area contributed by atoms with E-state index < -0.39 is 11.8 Å². The van der Waals surface area contributed by atoms with Crippen molar-refractivity contribution in [2.45, 2.75) is 43.9 Å². The molecule has 0 radical (unpaired) electrons. The fourth-order valence-corrected chi connectivity index (χ4v) is 6.32. The van der Waals surface area contributed by atoms with Crippen LogP contribution in [-0.2, 0) is 6.54 Å². The topological polar surface area (TPSA) is 22.6 Å². The van der Waals surface area contributed by atoms with Crippen LogP contribution < -0.4 is 8.61 Å². The van der Waals surface area contributed by atoms with Gasteiger partial charge < -0.3 is 0 Å². The Morgan fingerprint density at radius 1 is 1.19 bits per heavy atom. The SMILES string of the molecule is CSC1CCN(Cc2ccc(C)c(-c3ccc4c(n3)N(C)SN4CC3CC3(F)F)c2)CC1. The summed E-state index contributed by atoms with van der Waals surface area (Å²) in [6.07, 6.45) is 4.74. The van der Waals surface area contributed by atoms with Crippen molar-refractivity contribution < 1.29 is 8.78 Å². The van der Waals surface area contributed by atoms with Crippen molar-refractivity contribution >= 4 is 35.4 Å². The maximum absolute atomic E-state index is 13.4. The molecule has 3 heterocycles. The Morgan fingerprint density at radius 2 is 1.94 bits per heavy atom. The minimum Gasteiger partial charge on any atom is -0.299 e. The van der Waals surface area contributed by atoms with Crippen LogP contribution in [0.5, 0.6) is 0 Å². The Hall–Kier alpha value is -1.51. The van der Waals surface area contributed by atoms with Crippen LogP contribution in [0.15, 0.2) is 30.3 Å². The summed E-state index contributed by atoms with van der Waals surface area (Å²) in [4.78, 5) is 7.50. The molecule has 1 atom stereocenters. The number of pyridine rings is 1. The van der Waals surface area contributed by atoms with Gasteiger partial charge in [0.15, 0.2) is 5.82 Å². The average Bonchev–Trinajstić information content (AvgIpc) is 3.27. The lowest BCUT2D eigenvalue weighted by Gasteiger charge is -2.31. The number of fused-ring (bicyclic) bond motifs is 1. The molecule has 4 nitrogen and oxygen atoms in total. The van der Waals surface area contributed by atoms with Gasteiger partial charge in [0.1, 0.15) is 0 Å². The van der Waals surface area contributed by atoms with E-state index in [1.165, 1.54) is 36.1 Å². The molecule has 2 aliphatic heterocycles.